The second kappa shape index (κ2) is 6.68. The van der Waals surface area contributed by atoms with E-state index in [0.717, 1.165) is 0 Å². The summed E-state index contributed by atoms with van der Waals surface area (Å²) in [6, 6.07) is -0.672. The van der Waals surface area contributed by atoms with E-state index >= 15 is 0 Å². The fourth-order valence-electron chi connectivity index (χ4n) is 1.68. The fourth-order valence-corrected chi connectivity index (χ4v) is 1.68. The monoisotopic (exact) mass is 268 g/mol. The van der Waals surface area contributed by atoms with Gasteiger partial charge in [-0.2, -0.15) is 0 Å². The summed E-state index contributed by atoms with van der Waals surface area (Å²) in [5.41, 5.74) is 5.66. The third-order valence-corrected chi connectivity index (χ3v) is 3.00. The molecular weight excluding hydrogens is 244 g/mol. The largest absolute Gasteiger partial charge is 0.383 e. The van der Waals surface area contributed by atoms with Gasteiger partial charge < -0.3 is 20.4 Å². The number of carbonyl (C=O) groups excluding carboxylic acids is 1. The van der Waals surface area contributed by atoms with Crippen LogP contribution < -0.4 is 11.1 Å². The van der Waals surface area contributed by atoms with Gasteiger partial charge >= 0.3 is 0 Å². The smallest absolute Gasteiger partial charge is 0.239 e. The van der Waals surface area contributed by atoms with Crippen molar-refractivity contribution >= 4 is 5.91 Å². The van der Waals surface area contributed by atoms with E-state index in [4.69, 9.17) is 10.5 Å². The zero-order chi connectivity index (χ0) is 14.5. The molecule has 0 saturated carbocycles. The van der Waals surface area contributed by atoms with Crippen LogP contribution in [0.5, 0.6) is 0 Å². The number of carbonyl (C=O) groups is 1. The van der Waals surface area contributed by atoms with Crippen LogP contribution >= 0.6 is 0 Å². The quantitative estimate of drug-likeness (QED) is 0.782. The summed E-state index contributed by atoms with van der Waals surface area (Å²) in [5, 5.41) is 2.99. The van der Waals surface area contributed by atoms with Gasteiger partial charge in [0, 0.05) is 26.0 Å². The van der Waals surface area contributed by atoms with Crippen LogP contribution in [0.25, 0.3) is 0 Å². The van der Waals surface area contributed by atoms with E-state index in [-0.39, 0.29) is 24.0 Å². The Morgan fingerprint density at radius 2 is 2.21 bits per heavy atom. The molecule has 1 amide bonds. The first-order valence-corrected chi connectivity index (χ1v) is 6.35. The molecule has 1 aromatic heterocycles. The minimum absolute atomic E-state index is 0.0305. The first-order valence-electron chi connectivity index (χ1n) is 6.35. The van der Waals surface area contributed by atoms with Crippen LogP contribution in [-0.2, 0) is 16.1 Å². The molecule has 3 N–H and O–H groups in total. The molecule has 1 aromatic rings. The lowest BCUT2D eigenvalue weighted by Gasteiger charge is -2.32. The Bertz CT molecular complexity index is 384. The van der Waals surface area contributed by atoms with Gasteiger partial charge in [0.25, 0.3) is 0 Å². The predicted molar refractivity (Wildman–Crippen MR) is 73.5 cm³/mol. The number of rotatable bonds is 6. The van der Waals surface area contributed by atoms with Crippen molar-refractivity contribution in [1.82, 2.24) is 14.9 Å². The highest BCUT2D eigenvalue weighted by Gasteiger charge is 2.28. The van der Waals surface area contributed by atoms with Gasteiger partial charge in [-0.05, 0) is 5.41 Å². The number of nitrogens with one attached hydrogen (secondary N) is 1. The summed E-state index contributed by atoms with van der Waals surface area (Å²) in [6.45, 7) is 7.12. The molecule has 0 aliphatic carbocycles. The number of methoxy groups -OCH3 is 1. The SMILES string of the molecule is COCC(N)C(=O)NC(Cn1ccnc1)C(C)(C)C. The van der Waals surface area contributed by atoms with Gasteiger partial charge in [-0.25, -0.2) is 4.98 Å². The average molecular weight is 268 g/mol. The van der Waals surface area contributed by atoms with Crippen molar-refractivity contribution in [2.45, 2.75) is 39.4 Å². The maximum Gasteiger partial charge on any atom is 0.239 e. The van der Waals surface area contributed by atoms with Crippen molar-refractivity contribution in [3.8, 4) is 0 Å². The molecule has 0 fully saturated rings. The second-order valence-corrected chi connectivity index (χ2v) is 5.75. The lowest BCUT2D eigenvalue weighted by molar-refractivity contribution is -0.125. The zero-order valence-corrected chi connectivity index (χ0v) is 12.1. The molecule has 6 nitrogen and oxygen atoms in total. The first kappa shape index (κ1) is 15.7. The van der Waals surface area contributed by atoms with Crippen LogP contribution in [0, 0.1) is 5.41 Å². The summed E-state index contributed by atoms with van der Waals surface area (Å²) in [7, 11) is 1.53. The summed E-state index contributed by atoms with van der Waals surface area (Å²) in [5.74, 6) is -0.193. The third kappa shape index (κ3) is 5.00. The Balaban J connectivity index is 2.68. The molecule has 2 unspecified atom stereocenters. The topological polar surface area (TPSA) is 82.2 Å². The summed E-state index contributed by atoms with van der Waals surface area (Å²) < 4.78 is 6.84. The maximum absolute atomic E-state index is 12.0. The van der Waals surface area contributed by atoms with Crippen LogP contribution in [-0.4, -0.2) is 41.3 Å². The van der Waals surface area contributed by atoms with Crippen LogP contribution in [0.3, 0.4) is 0 Å². The number of hydrogen-bond donors (Lipinski definition) is 2. The number of hydrogen-bond acceptors (Lipinski definition) is 4. The normalized spacial score (nSPS) is 15.0. The van der Waals surface area contributed by atoms with E-state index in [1.807, 2.05) is 10.8 Å². The Hall–Kier alpha value is -1.40. The molecule has 0 spiro atoms. The summed E-state index contributed by atoms with van der Waals surface area (Å²) >= 11 is 0. The average Bonchev–Trinajstić information content (AvgIpc) is 2.80. The molecule has 6 heteroatoms. The van der Waals surface area contributed by atoms with E-state index < -0.39 is 6.04 Å². The van der Waals surface area contributed by atoms with Gasteiger partial charge in [-0.3, -0.25) is 4.79 Å². The molecule has 19 heavy (non-hydrogen) atoms. The lowest BCUT2D eigenvalue weighted by atomic mass is 9.86. The Morgan fingerprint density at radius 1 is 1.53 bits per heavy atom. The van der Waals surface area contributed by atoms with Crippen molar-refractivity contribution in [2.24, 2.45) is 11.1 Å². The summed E-state index contributed by atoms with van der Waals surface area (Å²) in [4.78, 5) is 16.0. The fraction of sp³-hybridized carbons (Fsp3) is 0.692. The third-order valence-electron chi connectivity index (χ3n) is 3.00. The molecule has 108 valence electrons. The van der Waals surface area contributed by atoms with E-state index in [2.05, 4.69) is 31.1 Å². The number of amides is 1. The van der Waals surface area contributed by atoms with Crippen LogP contribution in [0.2, 0.25) is 0 Å². The highest BCUT2D eigenvalue weighted by atomic mass is 16.5. The van der Waals surface area contributed by atoms with E-state index in [1.165, 1.54) is 7.11 Å². The molecule has 0 bridgehead atoms. The second-order valence-electron chi connectivity index (χ2n) is 5.75. The number of ether oxygens (including phenoxy) is 1. The van der Waals surface area contributed by atoms with Gasteiger partial charge in [0.15, 0.2) is 0 Å². The minimum Gasteiger partial charge on any atom is -0.383 e. The van der Waals surface area contributed by atoms with Gasteiger partial charge in [-0.15, -0.1) is 0 Å². The molecule has 0 saturated heterocycles. The van der Waals surface area contributed by atoms with Crippen LogP contribution in [0.15, 0.2) is 18.7 Å². The molecule has 1 rings (SSSR count). The zero-order valence-electron chi connectivity index (χ0n) is 12.1. The van der Waals surface area contributed by atoms with E-state index in [9.17, 15) is 4.79 Å². The first-order chi connectivity index (χ1) is 8.84. The molecular formula is C13H24N4O2. The van der Waals surface area contributed by atoms with Crippen molar-refractivity contribution in [2.75, 3.05) is 13.7 Å². The van der Waals surface area contributed by atoms with Crippen molar-refractivity contribution < 1.29 is 9.53 Å². The number of nitrogens with two attached hydrogens (primary N) is 1. The van der Waals surface area contributed by atoms with Gasteiger partial charge in [0.05, 0.1) is 19.0 Å². The summed E-state index contributed by atoms with van der Waals surface area (Å²) in [6.07, 6.45) is 5.33. The minimum atomic E-state index is -0.641. The Labute approximate surface area is 114 Å². The van der Waals surface area contributed by atoms with Gasteiger partial charge in [0.2, 0.25) is 5.91 Å². The number of aromatic nitrogens is 2. The number of imidazole rings is 1. The molecule has 0 aromatic carbocycles. The van der Waals surface area contributed by atoms with Crippen molar-refractivity contribution in [3.05, 3.63) is 18.7 Å². The highest BCUT2D eigenvalue weighted by molar-refractivity contribution is 5.81. The molecule has 2 atom stereocenters. The molecule has 1 heterocycles. The number of nitrogens with zero attached hydrogens (tertiary/aromatic N) is 2. The highest BCUT2D eigenvalue weighted by Crippen LogP contribution is 2.20. The van der Waals surface area contributed by atoms with E-state index in [0.29, 0.717) is 6.54 Å². The van der Waals surface area contributed by atoms with Crippen LogP contribution in [0.4, 0.5) is 0 Å². The van der Waals surface area contributed by atoms with E-state index in [1.54, 1.807) is 12.5 Å². The van der Waals surface area contributed by atoms with Crippen molar-refractivity contribution in [1.29, 1.82) is 0 Å². The van der Waals surface area contributed by atoms with Crippen LogP contribution in [0.1, 0.15) is 20.8 Å². The molecule has 0 aliphatic heterocycles. The molecule has 0 radical (unpaired) electrons. The van der Waals surface area contributed by atoms with Crippen molar-refractivity contribution in [3.63, 3.8) is 0 Å². The standard InChI is InChI=1S/C13H24N4O2/c1-13(2,3)11(7-17-6-5-15-9-17)16-12(18)10(14)8-19-4/h5-6,9-11H,7-8,14H2,1-4H3,(H,16,18). The lowest BCUT2D eigenvalue weighted by Crippen LogP contribution is -2.52. The van der Waals surface area contributed by atoms with Gasteiger partial charge in [-0.1, -0.05) is 20.8 Å². The van der Waals surface area contributed by atoms with Gasteiger partial charge in [0.1, 0.15) is 6.04 Å². The Morgan fingerprint density at radius 3 is 2.68 bits per heavy atom. The molecule has 0 aliphatic rings. The Kier molecular flexibility index (Phi) is 5.50. The maximum atomic E-state index is 12.0. The predicted octanol–water partition coefficient (Wildman–Crippen LogP) is 0.388.